The average Bonchev–Trinajstić information content (AvgIpc) is 3.23. The van der Waals surface area contributed by atoms with Crippen molar-refractivity contribution in [3.05, 3.63) is 85.5 Å². The summed E-state index contributed by atoms with van der Waals surface area (Å²) in [6.07, 6.45) is 7.44. The quantitative estimate of drug-likeness (QED) is 0.457. The molecular formula is C24H21N7. The van der Waals surface area contributed by atoms with E-state index in [-0.39, 0.29) is 0 Å². The number of aromatic nitrogens is 5. The van der Waals surface area contributed by atoms with Crippen molar-refractivity contribution in [3.63, 3.8) is 0 Å². The highest BCUT2D eigenvalue weighted by atomic mass is 15.1. The predicted octanol–water partition coefficient (Wildman–Crippen LogP) is 4.66. The van der Waals surface area contributed by atoms with Crippen molar-refractivity contribution in [1.29, 1.82) is 0 Å². The molecule has 0 radical (unpaired) electrons. The summed E-state index contributed by atoms with van der Waals surface area (Å²) in [5.74, 6) is 1.39. The van der Waals surface area contributed by atoms with Gasteiger partial charge in [0.15, 0.2) is 0 Å². The summed E-state index contributed by atoms with van der Waals surface area (Å²) >= 11 is 0. The van der Waals surface area contributed by atoms with Crippen LogP contribution in [0.5, 0.6) is 0 Å². The van der Waals surface area contributed by atoms with Crippen LogP contribution in [0.15, 0.2) is 85.5 Å². The van der Waals surface area contributed by atoms with Gasteiger partial charge in [0.05, 0.1) is 29.5 Å². The summed E-state index contributed by atoms with van der Waals surface area (Å²) in [5, 5.41) is 3.22. The summed E-state index contributed by atoms with van der Waals surface area (Å²) in [6, 6.07) is 20.2. The normalized spacial score (nSPS) is 10.9. The van der Waals surface area contributed by atoms with Crippen LogP contribution in [0.2, 0.25) is 0 Å². The topological polar surface area (TPSA) is 71.2 Å². The third-order valence-electron chi connectivity index (χ3n) is 4.99. The van der Waals surface area contributed by atoms with Gasteiger partial charge in [-0.2, -0.15) is 0 Å². The summed E-state index contributed by atoms with van der Waals surface area (Å²) in [6.45, 7) is 0. The van der Waals surface area contributed by atoms with Crippen LogP contribution in [-0.2, 0) is 0 Å². The first-order chi connectivity index (χ1) is 15.2. The molecule has 0 aliphatic rings. The van der Waals surface area contributed by atoms with Crippen LogP contribution in [0.1, 0.15) is 0 Å². The molecule has 0 aliphatic carbocycles. The Morgan fingerprint density at radius 1 is 0.806 bits per heavy atom. The molecular weight excluding hydrogens is 386 g/mol. The van der Waals surface area contributed by atoms with Gasteiger partial charge in [-0.25, -0.2) is 19.9 Å². The Morgan fingerprint density at radius 2 is 1.68 bits per heavy atom. The number of anilines is 3. The van der Waals surface area contributed by atoms with Gasteiger partial charge in [-0.3, -0.25) is 4.40 Å². The lowest BCUT2D eigenvalue weighted by Crippen LogP contribution is -2.10. The van der Waals surface area contributed by atoms with Crippen LogP contribution in [-0.4, -0.2) is 38.4 Å². The molecule has 0 fully saturated rings. The lowest BCUT2D eigenvalue weighted by Gasteiger charge is -2.12. The van der Waals surface area contributed by atoms with Crippen LogP contribution in [0.3, 0.4) is 0 Å². The fraction of sp³-hybridized carbons (Fsp3) is 0.0833. The molecule has 0 atom stereocenters. The lowest BCUT2D eigenvalue weighted by molar-refractivity contribution is 1.07. The molecule has 7 nitrogen and oxygen atoms in total. The van der Waals surface area contributed by atoms with Gasteiger partial charge in [-0.15, -0.1) is 0 Å². The summed E-state index contributed by atoms with van der Waals surface area (Å²) in [4.78, 5) is 20.0. The number of fused-ring (bicyclic) bond motifs is 1. The van der Waals surface area contributed by atoms with E-state index in [1.54, 1.807) is 12.4 Å². The van der Waals surface area contributed by atoms with Crippen molar-refractivity contribution in [2.75, 3.05) is 24.3 Å². The van der Waals surface area contributed by atoms with Crippen LogP contribution >= 0.6 is 0 Å². The molecule has 0 bridgehead atoms. The first-order valence-electron chi connectivity index (χ1n) is 9.94. The molecule has 1 aromatic carbocycles. The number of rotatable bonds is 5. The Bertz CT molecular complexity index is 1330. The van der Waals surface area contributed by atoms with E-state index in [1.807, 2.05) is 67.7 Å². The lowest BCUT2D eigenvalue weighted by atomic mass is 10.1. The molecule has 4 aromatic heterocycles. The van der Waals surface area contributed by atoms with Crippen molar-refractivity contribution in [1.82, 2.24) is 24.3 Å². The van der Waals surface area contributed by atoms with E-state index in [1.165, 1.54) is 0 Å². The smallest absolute Gasteiger partial charge is 0.227 e. The largest absolute Gasteiger partial charge is 0.363 e. The van der Waals surface area contributed by atoms with Crippen molar-refractivity contribution >= 4 is 23.1 Å². The van der Waals surface area contributed by atoms with Crippen LogP contribution in [0.25, 0.3) is 28.2 Å². The third-order valence-corrected chi connectivity index (χ3v) is 4.99. The molecule has 0 aliphatic heterocycles. The number of hydrogen-bond acceptors (Lipinski definition) is 6. The zero-order chi connectivity index (χ0) is 21.2. The van der Waals surface area contributed by atoms with Crippen LogP contribution < -0.4 is 10.2 Å². The molecule has 0 amide bonds. The Labute approximate surface area is 180 Å². The van der Waals surface area contributed by atoms with E-state index in [4.69, 9.17) is 4.98 Å². The molecule has 7 heteroatoms. The van der Waals surface area contributed by atoms with Gasteiger partial charge in [-0.1, -0.05) is 30.3 Å². The third kappa shape index (κ3) is 3.81. The van der Waals surface area contributed by atoms with Gasteiger partial charge in [0.25, 0.3) is 0 Å². The maximum Gasteiger partial charge on any atom is 0.227 e. The summed E-state index contributed by atoms with van der Waals surface area (Å²) in [5.41, 5.74) is 5.65. The molecule has 1 N–H and O–H groups in total. The van der Waals surface area contributed by atoms with E-state index >= 15 is 0 Å². The highest BCUT2D eigenvalue weighted by Gasteiger charge is 2.10. The Hall–Kier alpha value is -4.26. The number of nitrogens with one attached hydrogen (secondary N) is 1. The zero-order valence-corrected chi connectivity index (χ0v) is 17.3. The van der Waals surface area contributed by atoms with Crippen molar-refractivity contribution in [2.24, 2.45) is 0 Å². The average molecular weight is 407 g/mol. The maximum absolute atomic E-state index is 4.70. The summed E-state index contributed by atoms with van der Waals surface area (Å²) < 4.78 is 2.06. The fourth-order valence-corrected chi connectivity index (χ4v) is 3.39. The van der Waals surface area contributed by atoms with E-state index in [0.717, 1.165) is 39.7 Å². The minimum atomic E-state index is 0.506. The highest BCUT2D eigenvalue weighted by molar-refractivity contribution is 5.68. The molecule has 0 unspecified atom stereocenters. The molecule has 0 spiro atoms. The molecule has 0 saturated carbocycles. The van der Waals surface area contributed by atoms with E-state index in [9.17, 15) is 0 Å². The number of benzene rings is 1. The van der Waals surface area contributed by atoms with Crippen LogP contribution in [0.4, 0.5) is 17.5 Å². The monoisotopic (exact) mass is 407 g/mol. The van der Waals surface area contributed by atoms with Gasteiger partial charge >= 0.3 is 0 Å². The van der Waals surface area contributed by atoms with E-state index in [2.05, 4.69) is 49.1 Å². The SMILES string of the molecule is CN(C)c1ccc(Nc2nccc(-c3cnc4ccc(-c5ccccc5)cn34)n2)cn1. The second-order valence-electron chi connectivity index (χ2n) is 7.35. The molecule has 5 rings (SSSR count). The Balaban J connectivity index is 1.48. The molecule has 4 heterocycles. The van der Waals surface area contributed by atoms with Gasteiger partial charge in [0.1, 0.15) is 11.5 Å². The number of hydrogen-bond donors (Lipinski definition) is 1. The second kappa shape index (κ2) is 7.87. The Morgan fingerprint density at radius 3 is 2.45 bits per heavy atom. The zero-order valence-electron chi connectivity index (χ0n) is 17.3. The van der Waals surface area contributed by atoms with Gasteiger partial charge in [0, 0.05) is 26.5 Å². The standard InChI is InChI=1S/C24H21N7/c1-30(2)22-11-9-19(14-26-22)28-24-25-13-12-20(29-24)21-15-27-23-10-8-18(16-31(21)23)17-6-4-3-5-7-17/h3-16H,1-2H3,(H,25,28,29). The molecule has 0 saturated heterocycles. The number of imidazole rings is 1. The van der Waals surface area contributed by atoms with Crippen molar-refractivity contribution in [2.45, 2.75) is 0 Å². The minimum Gasteiger partial charge on any atom is -0.363 e. The number of pyridine rings is 2. The van der Waals surface area contributed by atoms with Gasteiger partial charge in [-0.05, 0) is 41.5 Å². The second-order valence-corrected chi connectivity index (χ2v) is 7.35. The summed E-state index contributed by atoms with van der Waals surface area (Å²) in [7, 11) is 3.92. The Kier molecular flexibility index (Phi) is 4.76. The van der Waals surface area contributed by atoms with Crippen molar-refractivity contribution in [3.8, 4) is 22.5 Å². The number of nitrogens with zero attached hydrogens (tertiary/aromatic N) is 6. The molecule has 5 aromatic rings. The van der Waals surface area contributed by atoms with Gasteiger partial charge in [0.2, 0.25) is 5.95 Å². The highest BCUT2D eigenvalue weighted by Crippen LogP contribution is 2.25. The van der Waals surface area contributed by atoms with E-state index < -0.39 is 0 Å². The van der Waals surface area contributed by atoms with Gasteiger partial charge < -0.3 is 10.2 Å². The van der Waals surface area contributed by atoms with E-state index in [0.29, 0.717) is 5.95 Å². The van der Waals surface area contributed by atoms with Crippen molar-refractivity contribution < 1.29 is 0 Å². The first-order valence-corrected chi connectivity index (χ1v) is 9.94. The van der Waals surface area contributed by atoms with Crippen LogP contribution in [0, 0.1) is 0 Å². The maximum atomic E-state index is 4.70. The minimum absolute atomic E-state index is 0.506. The molecule has 31 heavy (non-hydrogen) atoms. The predicted molar refractivity (Wildman–Crippen MR) is 124 cm³/mol. The molecule has 152 valence electrons. The fourth-order valence-electron chi connectivity index (χ4n) is 3.39. The first kappa shape index (κ1) is 18.7.